The number of hydrogen-bond acceptors (Lipinski definition) is 6. The van der Waals surface area contributed by atoms with Crippen molar-refractivity contribution in [3.05, 3.63) is 126 Å². The second-order valence-electron chi connectivity index (χ2n) is 8.74. The monoisotopic (exact) mass is 712 g/mol. The molecule has 0 spiro atoms. The minimum atomic E-state index is -0.763. The average Bonchev–Trinajstić information content (AvgIpc) is 3.33. The van der Waals surface area contributed by atoms with Crippen LogP contribution in [0.5, 0.6) is 5.75 Å². The second kappa shape index (κ2) is 12.2. The number of benzene rings is 4. The largest absolute Gasteiger partial charge is 0.421 e. The van der Waals surface area contributed by atoms with Gasteiger partial charge in [-0.25, -0.2) is 14.6 Å². The van der Waals surface area contributed by atoms with Crippen molar-refractivity contribution >= 4 is 78.1 Å². The fraction of sp³-hybridized carbons (Fsp3) is 0. The molecule has 1 aromatic heterocycles. The Morgan fingerprint density at radius 1 is 1.05 bits per heavy atom. The molecule has 5 aromatic rings. The maximum atomic E-state index is 14.1. The van der Waals surface area contributed by atoms with Crippen LogP contribution in [0.15, 0.2) is 92.9 Å². The van der Waals surface area contributed by atoms with E-state index >= 15 is 0 Å². The minimum Gasteiger partial charge on any atom is -0.421 e. The lowest BCUT2D eigenvalue weighted by molar-refractivity contribution is -0.384. The highest BCUT2D eigenvalue weighted by atomic mass is 79.9. The highest BCUT2D eigenvalue weighted by Crippen LogP contribution is 2.37. The molecule has 0 aliphatic rings. The number of carbonyl (C=O) groups excluding carboxylic acids is 2. The molecule has 0 saturated carbocycles. The summed E-state index contributed by atoms with van der Waals surface area (Å²) in [4.78, 5) is 39.4. The SMILES string of the molecule is O=C(Oc1c(Br)cc(Br)cc1C=NNC(=O)c1[nH]c2ccc(F)cc2c1-c1ccccc1Cl)c1ccc([N+](=O)[O-])cc1. The molecule has 0 radical (unpaired) electrons. The molecule has 4 aromatic carbocycles. The smallest absolute Gasteiger partial charge is 0.343 e. The molecule has 9 nitrogen and oxygen atoms in total. The first-order chi connectivity index (χ1) is 20.1. The first-order valence-electron chi connectivity index (χ1n) is 12.0. The van der Waals surface area contributed by atoms with E-state index in [1.807, 2.05) is 0 Å². The van der Waals surface area contributed by atoms with Crippen LogP contribution < -0.4 is 10.2 Å². The van der Waals surface area contributed by atoms with E-state index in [0.717, 1.165) is 0 Å². The lowest BCUT2D eigenvalue weighted by Crippen LogP contribution is -2.19. The maximum absolute atomic E-state index is 14.1. The number of aromatic nitrogens is 1. The number of ether oxygens (including phenoxy) is 1. The number of non-ortho nitro benzene ring substituents is 1. The normalized spacial score (nSPS) is 11.1. The van der Waals surface area contributed by atoms with Crippen LogP contribution in [0, 0.1) is 15.9 Å². The standard InChI is InChI=1S/C29H16Br2ClFN4O5/c30-17-11-16(27(22(31)12-17)42-29(39)15-5-8-19(9-6-15)37(40)41)14-34-36-28(38)26-25(20-3-1-2-4-23(20)32)21-13-18(33)7-10-24(21)35-26/h1-14,35H,(H,36,38). The number of fused-ring (bicyclic) bond motifs is 1. The molecular formula is C29H16Br2ClFN4O5. The Hall–Kier alpha value is -4.39. The molecule has 0 fully saturated rings. The quantitative estimate of drug-likeness (QED) is 0.0580. The highest BCUT2D eigenvalue weighted by molar-refractivity contribution is 9.11. The van der Waals surface area contributed by atoms with Gasteiger partial charge in [0.2, 0.25) is 0 Å². The molecule has 2 N–H and O–H groups in total. The van der Waals surface area contributed by atoms with Gasteiger partial charge in [-0.1, -0.05) is 45.7 Å². The van der Waals surface area contributed by atoms with Gasteiger partial charge in [-0.3, -0.25) is 14.9 Å². The molecule has 0 unspecified atom stereocenters. The van der Waals surface area contributed by atoms with Crippen LogP contribution in [0.1, 0.15) is 26.4 Å². The second-order valence-corrected chi connectivity index (χ2v) is 10.9. The van der Waals surface area contributed by atoms with Crippen LogP contribution in [-0.4, -0.2) is 28.0 Å². The third-order valence-electron chi connectivity index (χ3n) is 6.05. The van der Waals surface area contributed by atoms with Crippen LogP contribution in [0.25, 0.3) is 22.0 Å². The Bertz CT molecular complexity index is 1910. The zero-order valence-electron chi connectivity index (χ0n) is 21.0. The first kappa shape index (κ1) is 29.1. The number of nitro benzene ring substituents is 1. The highest BCUT2D eigenvalue weighted by Gasteiger charge is 2.22. The predicted molar refractivity (Wildman–Crippen MR) is 164 cm³/mol. The number of esters is 1. The van der Waals surface area contributed by atoms with Crippen molar-refractivity contribution in [1.29, 1.82) is 0 Å². The number of aromatic amines is 1. The van der Waals surface area contributed by atoms with Gasteiger partial charge in [0.05, 0.1) is 21.2 Å². The summed E-state index contributed by atoms with van der Waals surface area (Å²) in [5.74, 6) is -1.77. The van der Waals surface area contributed by atoms with Gasteiger partial charge in [-0.15, -0.1) is 0 Å². The molecule has 210 valence electrons. The molecular weight excluding hydrogens is 699 g/mol. The summed E-state index contributed by atoms with van der Waals surface area (Å²) in [6.45, 7) is 0. The Balaban J connectivity index is 1.43. The number of H-pyrrole nitrogens is 1. The van der Waals surface area contributed by atoms with Gasteiger partial charge in [0.1, 0.15) is 11.5 Å². The fourth-order valence-electron chi connectivity index (χ4n) is 4.15. The molecule has 0 aliphatic carbocycles. The third kappa shape index (κ3) is 6.10. The van der Waals surface area contributed by atoms with Crippen molar-refractivity contribution < 1.29 is 23.6 Å². The van der Waals surface area contributed by atoms with Gasteiger partial charge in [-0.2, -0.15) is 5.10 Å². The molecule has 0 saturated heterocycles. The lowest BCUT2D eigenvalue weighted by Gasteiger charge is -2.11. The van der Waals surface area contributed by atoms with Crippen molar-refractivity contribution in [1.82, 2.24) is 10.4 Å². The van der Waals surface area contributed by atoms with Gasteiger partial charge in [0, 0.05) is 49.2 Å². The number of nitrogens with one attached hydrogen (secondary N) is 2. The number of carbonyl (C=O) groups is 2. The fourth-order valence-corrected chi connectivity index (χ4v) is 5.72. The van der Waals surface area contributed by atoms with Crippen LogP contribution in [0.4, 0.5) is 10.1 Å². The van der Waals surface area contributed by atoms with E-state index in [-0.39, 0.29) is 22.7 Å². The van der Waals surface area contributed by atoms with E-state index in [9.17, 15) is 24.1 Å². The van der Waals surface area contributed by atoms with Crippen molar-refractivity contribution in [3.63, 3.8) is 0 Å². The van der Waals surface area contributed by atoms with E-state index in [1.165, 1.54) is 48.7 Å². The molecule has 5 rings (SSSR count). The number of nitro groups is 1. The van der Waals surface area contributed by atoms with Gasteiger partial charge in [0.15, 0.2) is 5.75 Å². The zero-order valence-corrected chi connectivity index (χ0v) is 25.0. The third-order valence-corrected chi connectivity index (χ3v) is 7.42. The van der Waals surface area contributed by atoms with Gasteiger partial charge < -0.3 is 9.72 Å². The summed E-state index contributed by atoms with van der Waals surface area (Å²) in [7, 11) is 0. The van der Waals surface area contributed by atoms with Gasteiger partial charge in [-0.05, 0) is 64.5 Å². The molecule has 1 heterocycles. The molecule has 0 aliphatic heterocycles. The van der Waals surface area contributed by atoms with Crippen LogP contribution in [-0.2, 0) is 0 Å². The van der Waals surface area contributed by atoms with Crippen LogP contribution in [0.2, 0.25) is 5.02 Å². The number of nitrogens with zero attached hydrogens (tertiary/aromatic N) is 2. The molecule has 1 amide bonds. The Labute approximate surface area is 258 Å². The topological polar surface area (TPSA) is 127 Å². The van der Waals surface area contributed by atoms with E-state index < -0.39 is 22.6 Å². The molecule has 0 bridgehead atoms. The van der Waals surface area contributed by atoms with Crippen LogP contribution in [0.3, 0.4) is 0 Å². The summed E-state index contributed by atoms with van der Waals surface area (Å²) in [6.07, 6.45) is 1.28. The summed E-state index contributed by atoms with van der Waals surface area (Å²) in [5.41, 5.74) is 4.26. The average molecular weight is 715 g/mol. The summed E-state index contributed by atoms with van der Waals surface area (Å²) >= 11 is 13.2. The zero-order chi connectivity index (χ0) is 30.0. The van der Waals surface area contributed by atoms with Crippen LogP contribution >= 0.6 is 43.5 Å². The maximum Gasteiger partial charge on any atom is 0.343 e. The number of rotatable bonds is 7. The van der Waals surface area contributed by atoms with Crippen molar-refractivity contribution in [3.8, 4) is 16.9 Å². The lowest BCUT2D eigenvalue weighted by atomic mass is 10.0. The van der Waals surface area contributed by atoms with Gasteiger partial charge >= 0.3 is 5.97 Å². The van der Waals surface area contributed by atoms with Gasteiger partial charge in [0.25, 0.3) is 11.6 Å². The first-order valence-corrected chi connectivity index (χ1v) is 13.9. The Kier molecular flexibility index (Phi) is 8.48. The summed E-state index contributed by atoms with van der Waals surface area (Å²) < 4.78 is 20.7. The Morgan fingerprint density at radius 2 is 1.79 bits per heavy atom. The van der Waals surface area contributed by atoms with E-state index in [4.69, 9.17) is 16.3 Å². The van der Waals surface area contributed by atoms with Crippen molar-refractivity contribution in [2.75, 3.05) is 0 Å². The molecule has 13 heteroatoms. The number of amides is 1. The number of halogens is 4. The molecule has 42 heavy (non-hydrogen) atoms. The summed E-state index contributed by atoms with van der Waals surface area (Å²) in [5, 5.41) is 15.8. The van der Waals surface area contributed by atoms with E-state index in [2.05, 4.69) is 47.4 Å². The summed E-state index contributed by atoms with van der Waals surface area (Å²) in [6, 6.07) is 19.2. The van der Waals surface area contributed by atoms with E-state index in [1.54, 1.807) is 36.4 Å². The predicted octanol–water partition coefficient (Wildman–Crippen LogP) is 8.04. The van der Waals surface area contributed by atoms with Crippen molar-refractivity contribution in [2.24, 2.45) is 5.10 Å². The van der Waals surface area contributed by atoms with E-state index in [0.29, 0.717) is 41.6 Å². The Morgan fingerprint density at radius 3 is 2.50 bits per heavy atom. The number of hydrazone groups is 1. The molecule has 0 atom stereocenters. The number of hydrogen-bond donors (Lipinski definition) is 2. The van der Waals surface area contributed by atoms with Crippen molar-refractivity contribution in [2.45, 2.75) is 0 Å². The minimum absolute atomic E-state index is 0.0916.